The van der Waals surface area contributed by atoms with Gasteiger partial charge in [-0.05, 0) is 41.8 Å². The minimum absolute atomic E-state index is 0.184. The Bertz CT molecular complexity index is 525. The van der Waals surface area contributed by atoms with E-state index in [1.807, 2.05) is 18.2 Å². The molecule has 1 unspecified atom stereocenters. The van der Waals surface area contributed by atoms with Gasteiger partial charge < -0.3 is 5.32 Å². The molecule has 1 N–H and O–H groups in total. The number of hydrogen-bond acceptors (Lipinski definition) is 1. The molecule has 2 aromatic rings. The van der Waals surface area contributed by atoms with Crippen LogP contribution in [-0.2, 0) is 6.54 Å². The molecule has 0 fully saturated rings. The molecule has 0 spiro atoms. The maximum atomic E-state index is 13.1. The standard InChI is InChI=1S/C16H17BrFN/c1-2-16(13-6-8-14(17)9-7-13)19-11-12-4-3-5-15(18)10-12/h3-10,16,19H,2,11H2,1H3. The third kappa shape index (κ3) is 4.15. The third-order valence-electron chi connectivity index (χ3n) is 3.12. The minimum Gasteiger partial charge on any atom is -0.306 e. The Morgan fingerprint density at radius 2 is 1.89 bits per heavy atom. The van der Waals surface area contributed by atoms with Crippen molar-refractivity contribution in [2.24, 2.45) is 0 Å². The highest BCUT2D eigenvalue weighted by Crippen LogP contribution is 2.20. The van der Waals surface area contributed by atoms with Gasteiger partial charge in [0, 0.05) is 17.1 Å². The van der Waals surface area contributed by atoms with E-state index in [1.54, 1.807) is 12.1 Å². The van der Waals surface area contributed by atoms with Crippen molar-refractivity contribution in [3.05, 3.63) is 69.9 Å². The van der Waals surface area contributed by atoms with Crippen molar-refractivity contribution in [3.8, 4) is 0 Å². The third-order valence-corrected chi connectivity index (χ3v) is 3.65. The molecule has 0 amide bonds. The molecule has 0 saturated carbocycles. The van der Waals surface area contributed by atoms with Crippen LogP contribution in [0.25, 0.3) is 0 Å². The molecule has 2 rings (SSSR count). The van der Waals surface area contributed by atoms with Gasteiger partial charge in [-0.2, -0.15) is 0 Å². The zero-order valence-corrected chi connectivity index (χ0v) is 12.5. The highest BCUT2D eigenvalue weighted by Gasteiger charge is 2.08. The molecule has 0 aliphatic carbocycles. The van der Waals surface area contributed by atoms with E-state index in [1.165, 1.54) is 11.6 Å². The van der Waals surface area contributed by atoms with Gasteiger partial charge in [0.2, 0.25) is 0 Å². The van der Waals surface area contributed by atoms with Crippen LogP contribution in [0.5, 0.6) is 0 Å². The van der Waals surface area contributed by atoms with Crippen molar-refractivity contribution in [2.45, 2.75) is 25.9 Å². The van der Waals surface area contributed by atoms with Gasteiger partial charge in [-0.3, -0.25) is 0 Å². The smallest absolute Gasteiger partial charge is 0.123 e. The number of benzene rings is 2. The molecule has 0 radical (unpaired) electrons. The van der Waals surface area contributed by atoms with Gasteiger partial charge in [0.25, 0.3) is 0 Å². The van der Waals surface area contributed by atoms with Gasteiger partial charge in [-0.1, -0.05) is 47.1 Å². The molecule has 3 heteroatoms. The highest BCUT2D eigenvalue weighted by atomic mass is 79.9. The van der Waals surface area contributed by atoms with E-state index < -0.39 is 0 Å². The summed E-state index contributed by atoms with van der Waals surface area (Å²) in [4.78, 5) is 0. The number of rotatable bonds is 5. The normalized spacial score (nSPS) is 12.4. The fourth-order valence-corrected chi connectivity index (χ4v) is 2.35. The first-order valence-corrected chi connectivity index (χ1v) is 7.21. The van der Waals surface area contributed by atoms with Gasteiger partial charge >= 0.3 is 0 Å². The lowest BCUT2D eigenvalue weighted by Crippen LogP contribution is -2.20. The van der Waals surface area contributed by atoms with Gasteiger partial charge in [-0.15, -0.1) is 0 Å². The first-order valence-electron chi connectivity index (χ1n) is 6.42. The molecule has 0 aliphatic rings. The van der Waals surface area contributed by atoms with Crippen LogP contribution in [0.15, 0.2) is 53.0 Å². The first-order chi connectivity index (χ1) is 9.19. The number of halogens is 2. The molecule has 0 heterocycles. The summed E-state index contributed by atoms with van der Waals surface area (Å²) in [6.07, 6.45) is 0.997. The Balaban J connectivity index is 2.01. The summed E-state index contributed by atoms with van der Waals surface area (Å²) in [5.74, 6) is -0.184. The second kappa shape index (κ2) is 6.83. The summed E-state index contributed by atoms with van der Waals surface area (Å²) in [7, 11) is 0. The SMILES string of the molecule is CCC(NCc1cccc(F)c1)c1ccc(Br)cc1. The van der Waals surface area contributed by atoms with Crippen LogP contribution < -0.4 is 5.32 Å². The van der Waals surface area contributed by atoms with E-state index >= 15 is 0 Å². The van der Waals surface area contributed by atoms with Gasteiger partial charge in [0.1, 0.15) is 5.82 Å². The van der Waals surface area contributed by atoms with Crippen LogP contribution in [0.3, 0.4) is 0 Å². The van der Waals surface area contributed by atoms with Gasteiger partial charge in [-0.25, -0.2) is 4.39 Å². The van der Waals surface area contributed by atoms with Crippen LogP contribution in [0.2, 0.25) is 0 Å². The summed E-state index contributed by atoms with van der Waals surface area (Å²) >= 11 is 3.44. The molecule has 19 heavy (non-hydrogen) atoms. The predicted octanol–water partition coefficient (Wildman–Crippen LogP) is 4.83. The average Bonchev–Trinajstić information content (AvgIpc) is 2.41. The fourth-order valence-electron chi connectivity index (χ4n) is 2.08. The summed E-state index contributed by atoms with van der Waals surface area (Å²) in [6, 6.07) is 15.3. The topological polar surface area (TPSA) is 12.0 Å². The van der Waals surface area contributed by atoms with E-state index in [-0.39, 0.29) is 11.9 Å². The molecular weight excluding hydrogens is 305 g/mol. The maximum Gasteiger partial charge on any atom is 0.123 e. The zero-order chi connectivity index (χ0) is 13.7. The summed E-state index contributed by atoms with van der Waals surface area (Å²) in [5, 5.41) is 3.47. The number of hydrogen-bond donors (Lipinski definition) is 1. The quantitative estimate of drug-likeness (QED) is 0.831. The molecule has 1 atom stereocenters. The second-order valence-corrected chi connectivity index (χ2v) is 5.44. The Hall–Kier alpha value is -1.19. The second-order valence-electron chi connectivity index (χ2n) is 4.52. The van der Waals surface area contributed by atoms with Crippen molar-refractivity contribution in [1.29, 1.82) is 0 Å². The summed E-state index contributed by atoms with van der Waals surface area (Å²) in [6.45, 7) is 2.82. The zero-order valence-electron chi connectivity index (χ0n) is 10.9. The minimum atomic E-state index is -0.184. The monoisotopic (exact) mass is 321 g/mol. The van der Waals surface area contributed by atoms with Crippen molar-refractivity contribution in [2.75, 3.05) is 0 Å². The average molecular weight is 322 g/mol. The molecule has 2 aromatic carbocycles. The number of nitrogens with one attached hydrogen (secondary N) is 1. The van der Waals surface area contributed by atoms with Crippen molar-refractivity contribution >= 4 is 15.9 Å². The molecule has 0 saturated heterocycles. The predicted molar refractivity (Wildman–Crippen MR) is 80.4 cm³/mol. The lowest BCUT2D eigenvalue weighted by molar-refractivity contribution is 0.517. The van der Waals surface area contributed by atoms with Crippen LogP contribution >= 0.6 is 15.9 Å². The molecule has 1 nitrogen and oxygen atoms in total. The summed E-state index contributed by atoms with van der Waals surface area (Å²) < 4.78 is 14.2. The molecular formula is C16H17BrFN. The van der Waals surface area contributed by atoms with Crippen molar-refractivity contribution in [3.63, 3.8) is 0 Å². The van der Waals surface area contributed by atoms with Crippen molar-refractivity contribution in [1.82, 2.24) is 5.32 Å². The van der Waals surface area contributed by atoms with Gasteiger partial charge in [0.05, 0.1) is 0 Å². The maximum absolute atomic E-state index is 13.1. The molecule has 0 bridgehead atoms. The van der Waals surface area contributed by atoms with E-state index in [0.29, 0.717) is 6.54 Å². The van der Waals surface area contributed by atoms with E-state index in [0.717, 1.165) is 16.5 Å². The van der Waals surface area contributed by atoms with Crippen LogP contribution in [0.1, 0.15) is 30.5 Å². The summed E-state index contributed by atoms with van der Waals surface area (Å²) in [5.41, 5.74) is 2.22. The lowest BCUT2D eigenvalue weighted by atomic mass is 10.0. The van der Waals surface area contributed by atoms with E-state index in [4.69, 9.17) is 0 Å². The van der Waals surface area contributed by atoms with Gasteiger partial charge in [0.15, 0.2) is 0 Å². The highest BCUT2D eigenvalue weighted by molar-refractivity contribution is 9.10. The van der Waals surface area contributed by atoms with Crippen LogP contribution in [-0.4, -0.2) is 0 Å². The van der Waals surface area contributed by atoms with Crippen molar-refractivity contribution < 1.29 is 4.39 Å². The Labute approximate surface area is 122 Å². The van der Waals surface area contributed by atoms with Crippen LogP contribution in [0, 0.1) is 5.82 Å². The lowest BCUT2D eigenvalue weighted by Gasteiger charge is -2.17. The molecule has 0 aliphatic heterocycles. The van der Waals surface area contributed by atoms with E-state index in [9.17, 15) is 4.39 Å². The Kier molecular flexibility index (Phi) is 5.11. The Morgan fingerprint density at radius 3 is 2.53 bits per heavy atom. The van der Waals surface area contributed by atoms with Crippen LogP contribution in [0.4, 0.5) is 4.39 Å². The van der Waals surface area contributed by atoms with E-state index in [2.05, 4.69) is 40.3 Å². The fraction of sp³-hybridized carbons (Fsp3) is 0.250. The largest absolute Gasteiger partial charge is 0.306 e. The first kappa shape index (κ1) is 14.2. The molecule has 100 valence electrons. The Morgan fingerprint density at radius 1 is 1.16 bits per heavy atom. The molecule has 0 aromatic heterocycles.